The number of nitrogens with one attached hydrogen (secondary N) is 1. The van der Waals surface area contributed by atoms with Gasteiger partial charge in [-0.05, 0) is 50.3 Å². The molecule has 0 heterocycles. The summed E-state index contributed by atoms with van der Waals surface area (Å²) in [7, 11) is 0. The molecule has 0 radical (unpaired) electrons. The third kappa shape index (κ3) is 3.88. The number of rotatable bonds is 5. The van der Waals surface area contributed by atoms with Crippen molar-refractivity contribution < 1.29 is 4.74 Å². The average Bonchev–Trinajstić information content (AvgIpc) is 2.47. The number of nitrogens with zero attached hydrogens (tertiary/aromatic N) is 1. The molecule has 1 unspecified atom stereocenters. The van der Waals surface area contributed by atoms with Crippen LogP contribution in [0.4, 0.5) is 11.4 Å². The third-order valence-corrected chi connectivity index (χ3v) is 3.90. The van der Waals surface area contributed by atoms with Crippen molar-refractivity contribution in [2.45, 2.75) is 38.7 Å². The first kappa shape index (κ1) is 14.7. The second-order valence-electron chi connectivity index (χ2n) is 5.40. The van der Waals surface area contributed by atoms with Crippen molar-refractivity contribution in [2.75, 3.05) is 24.2 Å². The van der Waals surface area contributed by atoms with Gasteiger partial charge in [-0.1, -0.05) is 6.42 Å². The Morgan fingerprint density at radius 3 is 3.05 bits per heavy atom. The van der Waals surface area contributed by atoms with Crippen molar-refractivity contribution in [1.29, 1.82) is 5.26 Å². The van der Waals surface area contributed by atoms with Gasteiger partial charge in [-0.25, -0.2) is 0 Å². The van der Waals surface area contributed by atoms with E-state index >= 15 is 0 Å². The molecule has 0 bridgehead atoms. The fourth-order valence-corrected chi connectivity index (χ4v) is 2.85. The Bertz CT molecular complexity index is 479. The quantitative estimate of drug-likeness (QED) is 0.808. The van der Waals surface area contributed by atoms with Crippen molar-refractivity contribution in [3.05, 3.63) is 23.8 Å². The number of benzene rings is 1. The second kappa shape index (κ2) is 7.16. The highest BCUT2D eigenvalue weighted by atomic mass is 16.5. The number of nitrogens with two attached hydrogens (primary N) is 1. The van der Waals surface area contributed by atoms with E-state index in [0.717, 1.165) is 25.3 Å². The van der Waals surface area contributed by atoms with Crippen LogP contribution in [0.2, 0.25) is 0 Å². The standard InChI is InChI=1S/C16H23N3O/c1-2-20-14-5-3-4-13(8-14)11-19-16-9-12(10-17)6-7-15(16)18/h6-7,9,13-14,19H,2-5,8,11,18H2,1H3/t13-,14?/m0/s1. The Labute approximate surface area is 120 Å². The molecule has 0 spiro atoms. The maximum atomic E-state index is 8.93. The Hall–Kier alpha value is -1.73. The lowest BCUT2D eigenvalue weighted by atomic mass is 9.87. The smallest absolute Gasteiger partial charge is 0.0992 e. The van der Waals surface area contributed by atoms with E-state index in [1.807, 2.05) is 6.07 Å². The summed E-state index contributed by atoms with van der Waals surface area (Å²) in [4.78, 5) is 0. The molecule has 1 aromatic rings. The van der Waals surface area contributed by atoms with Crippen molar-refractivity contribution in [2.24, 2.45) is 5.92 Å². The number of nitrogen functional groups attached to an aromatic ring is 1. The third-order valence-electron chi connectivity index (χ3n) is 3.90. The van der Waals surface area contributed by atoms with Crippen molar-refractivity contribution >= 4 is 11.4 Å². The molecule has 0 aliphatic heterocycles. The summed E-state index contributed by atoms with van der Waals surface area (Å²) in [5.74, 6) is 0.616. The minimum absolute atomic E-state index is 0.406. The van der Waals surface area contributed by atoms with E-state index < -0.39 is 0 Å². The van der Waals surface area contributed by atoms with Gasteiger partial charge in [0.15, 0.2) is 0 Å². The highest BCUT2D eigenvalue weighted by Crippen LogP contribution is 2.27. The predicted octanol–water partition coefficient (Wildman–Crippen LogP) is 3.15. The molecule has 2 rings (SSSR count). The van der Waals surface area contributed by atoms with Gasteiger partial charge in [0.25, 0.3) is 0 Å². The lowest BCUT2D eigenvalue weighted by Gasteiger charge is -2.29. The molecule has 2 atom stereocenters. The van der Waals surface area contributed by atoms with Crippen LogP contribution in [0.15, 0.2) is 18.2 Å². The Morgan fingerprint density at radius 2 is 2.30 bits per heavy atom. The van der Waals surface area contributed by atoms with Crippen LogP contribution in [0.1, 0.15) is 38.2 Å². The Balaban J connectivity index is 1.90. The van der Waals surface area contributed by atoms with E-state index in [4.69, 9.17) is 15.7 Å². The molecule has 1 fully saturated rings. The molecule has 0 amide bonds. The highest BCUT2D eigenvalue weighted by Gasteiger charge is 2.22. The van der Waals surface area contributed by atoms with Crippen molar-refractivity contribution in [3.63, 3.8) is 0 Å². The Morgan fingerprint density at radius 1 is 1.45 bits per heavy atom. The number of ether oxygens (including phenoxy) is 1. The zero-order valence-corrected chi connectivity index (χ0v) is 12.1. The van der Waals surface area contributed by atoms with Gasteiger partial charge in [-0.15, -0.1) is 0 Å². The first-order valence-corrected chi connectivity index (χ1v) is 7.38. The minimum atomic E-state index is 0.406. The summed E-state index contributed by atoms with van der Waals surface area (Å²) in [6.45, 7) is 3.74. The summed E-state index contributed by atoms with van der Waals surface area (Å²) in [5, 5.41) is 12.3. The van der Waals surface area contributed by atoms with E-state index in [2.05, 4.69) is 18.3 Å². The molecule has 1 aliphatic rings. The van der Waals surface area contributed by atoms with E-state index in [1.54, 1.807) is 12.1 Å². The molecule has 0 saturated heterocycles. The molecular weight excluding hydrogens is 250 g/mol. The van der Waals surface area contributed by atoms with Gasteiger partial charge in [0.2, 0.25) is 0 Å². The van der Waals surface area contributed by atoms with Crippen LogP contribution in [0.5, 0.6) is 0 Å². The zero-order chi connectivity index (χ0) is 14.4. The molecule has 108 valence electrons. The number of nitriles is 1. The van der Waals surface area contributed by atoms with Crippen LogP contribution in [-0.4, -0.2) is 19.3 Å². The van der Waals surface area contributed by atoms with E-state index in [-0.39, 0.29) is 0 Å². The van der Waals surface area contributed by atoms with Gasteiger partial charge < -0.3 is 15.8 Å². The average molecular weight is 273 g/mol. The van der Waals surface area contributed by atoms with Crippen LogP contribution >= 0.6 is 0 Å². The van der Waals surface area contributed by atoms with Crippen LogP contribution in [0.25, 0.3) is 0 Å². The van der Waals surface area contributed by atoms with Crippen LogP contribution < -0.4 is 11.1 Å². The lowest BCUT2D eigenvalue weighted by Crippen LogP contribution is -2.27. The van der Waals surface area contributed by atoms with Gasteiger partial charge in [-0.3, -0.25) is 0 Å². The molecule has 20 heavy (non-hydrogen) atoms. The lowest BCUT2D eigenvalue weighted by molar-refractivity contribution is 0.0224. The van der Waals surface area contributed by atoms with Crippen LogP contribution in [0.3, 0.4) is 0 Å². The van der Waals surface area contributed by atoms with E-state index in [9.17, 15) is 0 Å². The molecule has 1 aliphatic carbocycles. The number of anilines is 2. The van der Waals surface area contributed by atoms with Gasteiger partial charge in [0.1, 0.15) is 0 Å². The highest BCUT2D eigenvalue weighted by molar-refractivity contribution is 5.68. The first-order valence-electron chi connectivity index (χ1n) is 7.38. The van der Waals surface area contributed by atoms with Gasteiger partial charge in [0.05, 0.1) is 29.1 Å². The first-order chi connectivity index (χ1) is 9.72. The molecule has 3 N–H and O–H groups in total. The molecule has 4 nitrogen and oxygen atoms in total. The SMILES string of the molecule is CCOC1CCC[C@H](CNc2cc(C#N)ccc2N)C1. The summed E-state index contributed by atoms with van der Waals surface area (Å²) in [6, 6.07) is 7.48. The Kier molecular flexibility index (Phi) is 5.25. The van der Waals surface area contributed by atoms with Crippen molar-refractivity contribution in [3.8, 4) is 6.07 Å². The normalized spacial score (nSPS) is 22.2. The molecule has 1 saturated carbocycles. The minimum Gasteiger partial charge on any atom is -0.397 e. The number of hydrogen-bond acceptors (Lipinski definition) is 4. The fourth-order valence-electron chi connectivity index (χ4n) is 2.85. The van der Waals surface area contributed by atoms with Crippen LogP contribution in [0, 0.1) is 17.2 Å². The molecular formula is C16H23N3O. The largest absolute Gasteiger partial charge is 0.397 e. The van der Waals surface area contributed by atoms with Crippen molar-refractivity contribution in [1.82, 2.24) is 0 Å². The van der Waals surface area contributed by atoms with E-state index in [0.29, 0.717) is 23.3 Å². The second-order valence-corrected chi connectivity index (χ2v) is 5.40. The molecule has 0 aromatic heterocycles. The van der Waals surface area contributed by atoms with Gasteiger partial charge in [-0.2, -0.15) is 5.26 Å². The monoisotopic (exact) mass is 273 g/mol. The predicted molar refractivity (Wildman–Crippen MR) is 81.4 cm³/mol. The zero-order valence-electron chi connectivity index (χ0n) is 12.1. The summed E-state index contributed by atoms with van der Waals surface area (Å²) >= 11 is 0. The van der Waals surface area contributed by atoms with E-state index in [1.165, 1.54) is 19.3 Å². The summed E-state index contributed by atoms with van der Waals surface area (Å²) < 4.78 is 5.73. The maximum absolute atomic E-state index is 8.93. The summed E-state index contributed by atoms with van der Waals surface area (Å²) in [5.41, 5.74) is 8.13. The van der Waals surface area contributed by atoms with Gasteiger partial charge >= 0.3 is 0 Å². The molecule has 1 aromatic carbocycles. The fraction of sp³-hybridized carbons (Fsp3) is 0.562. The maximum Gasteiger partial charge on any atom is 0.0992 e. The topological polar surface area (TPSA) is 71.1 Å². The number of hydrogen-bond donors (Lipinski definition) is 2. The van der Waals surface area contributed by atoms with Crippen LogP contribution in [-0.2, 0) is 4.74 Å². The summed E-state index contributed by atoms with van der Waals surface area (Å²) in [6.07, 6.45) is 5.15. The van der Waals surface area contributed by atoms with Gasteiger partial charge in [0, 0.05) is 13.2 Å². The molecule has 4 heteroatoms.